The van der Waals surface area contributed by atoms with Crippen LogP contribution in [0.5, 0.6) is 17.4 Å². The van der Waals surface area contributed by atoms with E-state index in [2.05, 4.69) is 46.9 Å². The predicted molar refractivity (Wildman–Crippen MR) is 138 cm³/mol. The molecule has 13 heteroatoms. The van der Waals surface area contributed by atoms with E-state index in [0.29, 0.717) is 26.8 Å². The van der Waals surface area contributed by atoms with Crippen molar-refractivity contribution in [2.75, 3.05) is 7.11 Å². The first-order valence-corrected chi connectivity index (χ1v) is 11.7. The average molecular weight is 624 g/mol. The molecular formula is C22H14Br2ClN5O5. The predicted octanol–water partition coefficient (Wildman–Crippen LogP) is 5.87. The molecule has 0 aliphatic heterocycles. The smallest absolute Gasteiger partial charge is 0.287 e. The topological polar surface area (TPSA) is 122 Å². The van der Waals surface area contributed by atoms with Crippen LogP contribution in [0, 0.1) is 17.0 Å². The molecule has 0 N–H and O–H groups in total. The summed E-state index contributed by atoms with van der Waals surface area (Å²) < 4.78 is 13.5. The summed E-state index contributed by atoms with van der Waals surface area (Å²) >= 11 is 13.3. The molecule has 2 aromatic heterocycles. The number of nitrogens with zero attached hydrogens (tertiary/aromatic N) is 5. The summed E-state index contributed by atoms with van der Waals surface area (Å²) in [4.78, 5) is 31.6. The maximum Gasteiger partial charge on any atom is 0.287 e. The van der Waals surface area contributed by atoms with Crippen molar-refractivity contribution in [3.05, 3.63) is 88.4 Å². The third kappa shape index (κ3) is 5.04. The highest BCUT2D eigenvalue weighted by Crippen LogP contribution is 2.44. The molecule has 2 aromatic carbocycles. The number of methoxy groups -OCH3 is 1. The van der Waals surface area contributed by atoms with Crippen LogP contribution in [0.2, 0.25) is 5.02 Å². The van der Waals surface area contributed by atoms with Crippen molar-refractivity contribution in [2.45, 2.75) is 6.92 Å². The number of nitro groups is 1. The van der Waals surface area contributed by atoms with Crippen LogP contribution in [0.25, 0.3) is 10.9 Å². The molecule has 0 amide bonds. The number of hydrogen-bond donors (Lipinski definition) is 0. The highest BCUT2D eigenvalue weighted by molar-refractivity contribution is 9.10. The van der Waals surface area contributed by atoms with Crippen LogP contribution in [0.4, 0.5) is 5.69 Å². The summed E-state index contributed by atoms with van der Waals surface area (Å²) in [6.45, 7) is 1.68. The van der Waals surface area contributed by atoms with Gasteiger partial charge in [0.25, 0.3) is 11.2 Å². The van der Waals surface area contributed by atoms with Gasteiger partial charge in [0.05, 0.1) is 29.2 Å². The van der Waals surface area contributed by atoms with Gasteiger partial charge in [0.2, 0.25) is 5.88 Å². The van der Waals surface area contributed by atoms with Crippen LogP contribution >= 0.6 is 43.5 Å². The number of fused-ring (bicyclic) bond motifs is 1. The molecule has 178 valence electrons. The van der Waals surface area contributed by atoms with Gasteiger partial charge >= 0.3 is 0 Å². The minimum Gasteiger partial charge on any atom is -0.493 e. The van der Waals surface area contributed by atoms with E-state index in [-0.39, 0.29) is 33.6 Å². The Balaban J connectivity index is 1.72. The largest absolute Gasteiger partial charge is 0.493 e. The summed E-state index contributed by atoms with van der Waals surface area (Å²) in [5, 5.41) is 15.7. The van der Waals surface area contributed by atoms with E-state index in [1.165, 1.54) is 30.1 Å². The molecule has 0 bridgehead atoms. The summed E-state index contributed by atoms with van der Waals surface area (Å²) in [5.41, 5.74) is 0.554. The minimum absolute atomic E-state index is 0.0830. The van der Waals surface area contributed by atoms with Crippen molar-refractivity contribution in [2.24, 2.45) is 5.10 Å². The van der Waals surface area contributed by atoms with Crippen molar-refractivity contribution in [1.82, 2.24) is 14.6 Å². The number of aryl methyl sites for hydroxylation is 1. The fourth-order valence-electron chi connectivity index (χ4n) is 3.11. The van der Waals surface area contributed by atoms with Crippen LogP contribution in [-0.4, -0.2) is 32.9 Å². The van der Waals surface area contributed by atoms with Crippen molar-refractivity contribution in [3.8, 4) is 17.4 Å². The van der Waals surface area contributed by atoms with Crippen molar-refractivity contribution in [1.29, 1.82) is 0 Å². The highest BCUT2D eigenvalue weighted by atomic mass is 79.9. The number of ether oxygens (including phenoxy) is 2. The number of aromatic nitrogens is 3. The first-order chi connectivity index (χ1) is 16.7. The molecule has 2 heterocycles. The van der Waals surface area contributed by atoms with E-state index >= 15 is 0 Å². The van der Waals surface area contributed by atoms with Crippen LogP contribution in [-0.2, 0) is 0 Å². The fraction of sp³-hybridized carbons (Fsp3) is 0.0909. The van der Waals surface area contributed by atoms with E-state index < -0.39 is 4.92 Å². The summed E-state index contributed by atoms with van der Waals surface area (Å²) in [6, 6.07) is 9.45. The fourth-order valence-corrected chi connectivity index (χ4v) is 4.11. The van der Waals surface area contributed by atoms with Gasteiger partial charge in [-0.3, -0.25) is 14.9 Å². The van der Waals surface area contributed by atoms with E-state index in [0.717, 1.165) is 10.7 Å². The molecule has 0 saturated heterocycles. The van der Waals surface area contributed by atoms with Crippen LogP contribution in [0.3, 0.4) is 0 Å². The number of hydrogen-bond acceptors (Lipinski definition) is 8. The second-order valence-corrected chi connectivity index (χ2v) is 9.11. The van der Waals surface area contributed by atoms with Gasteiger partial charge in [0, 0.05) is 26.6 Å². The average Bonchev–Trinajstić information content (AvgIpc) is 2.84. The van der Waals surface area contributed by atoms with Gasteiger partial charge in [-0.25, -0.2) is 9.97 Å². The zero-order valence-corrected chi connectivity index (χ0v) is 22.0. The number of rotatable bonds is 6. The lowest BCUT2D eigenvalue weighted by Crippen LogP contribution is -2.20. The van der Waals surface area contributed by atoms with Crippen LogP contribution < -0.4 is 15.0 Å². The van der Waals surface area contributed by atoms with Crippen molar-refractivity contribution >= 4 is 66.3 Å². The molecule has 4 rings (SSSR count). The molecule has 4 aromatic rings. The Hall–Kier alpha value is -3.35. The van der Waals surface area contributed by atoms with Gasteiger partial charge in [0.15, 0.2) is 11.5 Å². The first kappa shape index (κ1) is 24.8. The lowest BCUT2D eigenvalue weighted by molar-refractivity contribution is -0.385. The standard InChI is InChI=1S/C22H14Br2ClN5O5/c1-11-28-16-5-3-13(23)8-15(16)22(31)29(11)27-9-12-7-17(34-2)21(20(25)19(12)24)35-18-6-4-14(10-26-18)30(32)33/h3-10H,1-2H3. The third-order valence-corrected chi connectivity index (χ3v) is 6.73. The SMILES string of the molecule is COc1cc(C=Nn2c(C)nc3ccc(Br)cc3c2=O)c(Br)c(Cl)c1Oc1ccc([N+](=O)[O-])cn1. The Morgan fingerprint density at radius 2 is 2.00 bits per heavy atom. The zero-order chi connectivity index (χ0) is 25.3. The molecular weight excluding hydrogens is 610 g/mol. The lowest BCUT2D eigenvalue weighted by Gasteiger charge is -2.14. The normalized spacial score (nSPS) is 11.2. The molecule has 0 atom stereocenters. The van der Waals surface area contributed by atoms with E-state index in [4.69, 9.17) is 21.1 Å². The Morgan fingerprint density at radius 3 is 2.66 bits per heavy atom. The van der Waals surface area contributed by atoms with Gasteiger partial charge < -0.3 is 9.47 Å². The molecule has 0 saturated carbocycles. The Labute approximate surface area is 219 Å². The van der Waals surface area contributed by atoms with E-state index in [1.54, 1.807) is 25.1 Å². The molecule has 0 fully saturated rings. The van der Waals surface area contributed by atoms with Gasteiger partial charge in [0.1, 0.15) is 17.0 Å². The van der Waals surface area contributed by atoms with E-state index in [9.17, 15) is 14.9 Å². The van der Waals surface area contributed by atoms with Crippen molar-refractivity contribution in [3.63, 3.8) is 0 Å². The van der Waals surface area contributed by atoms with Crippen molar-refractivity contribution < 1.29 is 14.4 Å². The molecule has 0 spiro atoms. The Kier molecular flexibility index (Phi) is 7.15. The summed E-state index contributed by atoms with van der Waals surface area (Å²) in [7, 11) is 1.43. The highest BCUT2D eigenvalue weighted by Gasteiger charge is 2.19. The Morgan fingerprint density at radius 1 is 1.23 bits per heavy atom. The monoisotopic (exact) mass is 621 g/mol. The van der Waals surface area contributed by atoms with Gasteiger partial charge in [-0.2, -0.15) is 9.78 Å². The number of pyridine rings is 1. The number of halogens is 3. The molecule has 10 nitrogen and oxygen atoms in total. The third-order valence-electron chi connectivity index (χ3n) is 4.80. The van der Waals surface area contributed by atoms with Crippen LogP contribution in [0.15, 0.2) is 61.4 Å². The van der Waals surface area contributed by atoms with E-state index in [1.807, 2.05) is 6.07 Å². The van der Waals surface area contributed by atoms with Gasteiger partial charge in [-0.05, 0) is 47.1 Å². The molecule has 0 unspecified atom stereocenters. The minimum atomic E-state index is -0.564. The maximum absolute atomic E-state index is 13.0. The van der Waals surface area contributed by atoms with Crippen LogP contribution in [0.1, 0.15) is 11.4 Å². The quantitative estimate of drug-likeness (QED) is 0.150. The second kappa shape index (κ2) is 10.1. The Bertz CT molecular complexity index is 1560. The number of benzene rings is 2. The van der Waals surface area contributed by atoms with Gasteiger partial charge in [-0.15, -0.1) is 0 Å². The second-order valence-electron chi connectivity index (χ2n) is 7.02. The molecule has 0 aliphatic carbocycles. The molecule has 0 aliphatic rings. The lowest BCUT2D eigenvalue weighted by atomic mass is 10.2. The zero-order valence-electron chi connectivity index (χ0n) is 18.0. The summed E-state index contributed by atoms with van der Waals surface area (Å²) in [6.07, 6.45) is 2.51. The first-order valence-electron chi connectivity index (χ1n) is 9.77. The maximum atomic E-state index is 13.0. The molecule has 0 radical (unpaired) electrons. The summed E-state index contributed by atoms with van der Waals surface area (Å²) in [5.74, 6) is 0.883. The van der Waals surface area contributed by atoms with Gasteiger partial charge in [-0.1, -0.05) is 27.5 Å². The molecule has 35 heavy (non-hydrogen) atoms.